The molecule has 26 heavy (non-hydrogen) atoms. The van der Waals surface area contributed by atoms with Gasteiger partial charge < -0.3 is 10.1 Å². The molecule has 0 aliphatic heterocycles. The van der Waals surface area contributed by atoms with Gasteiger partial charge in [-0.15, -0.1) is 0 Å². The van der Waals surface area contributed by atoms with Crippen LogP contribution in [0.15, 0.2) is 66.7 Å². The molecule has 0 radical (unpaired) electrons. The molecule has 0 aromatic heterocycles. The minimum atomic E-state index is 0.813. The van der Waals surface area contributed by atoms with E-state index >= 15 is 0 Å². The van der Waals surface area contributed by atoms with Gasteiger partial charge in [0.25, 0.3) is 0 Å². The maximum Gasteiger partial charge on any atom is 0.119 e. The van der Waals surface area contributed by atoms with E-state index in [1.165, 1.54) is 35.6 Å². The molecule has 0 fully saturated rings. The van der Waals surface area contributed by atoms with Gasteiger partial charge >= 0.3 is 0 Å². The van der Waals surface area contributed by atoms with E-state index in [1.807, 2.05) is 0 Å². The summed E-state index contributed by atoms with van der Waals surface area (Å²) in [5, 5.41) is 6.17. The van der Waals surface area contributed by atoms with Crippen molar-refractivity contribution in [1.29, 1.82) is 0 Å². The minimum absolute atomic E-state index is 0.813. The summed E-state index contributed by atoms with van der Waals surface area (Å²) < 4.78 is 5.80. The van der Waals surface area contributed by atoms with Gasteiger partial charge in [0, 0.05) is 12.2 Å². The smallest absolute Gasteiger partial charge is 0.119 e. The fourth-order valence-electron chi connectivity index (χ4n) is 3.24. The Morgan fingerprint density at radius 1 is 0.808 bits per heavy atom. The van der Waals surface area contributed by atoms with Crippen molar-refractivity contribution in [1.82, 2.24) is 0 Å². The Balaban J connectivity index is 1.46. The molecule has 0 heterocycles. The van der Waals surface area contributed by atoms with Gasteiger partial charge in [-0.05, 0) is 53.4 Å². The molecule has 3 rings (SSSR count). The van der Waals surface area contributed by atoms with Crippen molar-refractivity contribution in [3.8, 4) is 5.75 Å². The Morgan fingerprint density at radius 2 is 1.62 bits per heavy atom. The van der Waals surface area contributed by atoms with Crippen molar-refractivity contribution >= 4 is 16.5 Å². The van der Waals surface area contributed by atoms with Crippen LogP contribution in [0.2, 0.25) is 0 Å². The molecule has 3 aromatic carbocycles. The molecule has 0 aliphatic carbocycles. The standard InChI is InChI=1S/C24H29NO/c1-2-3-4-7-19-26-23-15-13-22(14-16-23)25-18-17-21-11-8-10-20-9-5-6-12-24(20)21/h5-6,8-16,25H,2-4,7,17-19H2,1H3. The number of hydrogen-bond donors (Lipinski definition) is 1. The lowest BCUT2D eigenvalue weighted by atomic mass is 10.0. The Kier molecular flexibility index (Phi) is 6.95. The second-order valence-corrected chi connectivity index (χ2v) is 6.75. The number of nitrogens with one attached hydrogen (secondary N) is 1. The fourth-order valence-corrected chi connectivity index (χ4v) is 3.24. The van der Waals surface area contributed by atoms with Crippen LogP contribution in [0.4, 0.5) is 5.69 Å². The molecule has 0 amide bonds. The third-order valence-electron chi connectivity index (χ3n) is 4.72. The highest BCUT2D eigenvalue weighted by Crippen LogP contribution is 2.20. The lowest BCUT2D eigenvalue weighted by Crippen LogP contribution is -2.05. The van der Waals surface area contributed by atoms with Gasteiger partial charge in [0.2, 0.25) is 0 Å². The lowest BCUT2D eigenvalue weighted by Gasteiger charge is -2.10. The summed E-state index contributed by atoms with van der Waals surface area (Å²) in [7, 11) is 0. The molecule has 1 N–H and O–H groups in total. The van der Waals surface area contributed by atoms with Gasteiger partial charge in [-0.3, -0.25) is 0 Å². The van der Waals surface area contributed by atoms with Gasteiger partial charge in [0.15, 0.2) is 0 Å². The first-order valence-electron chi connectivity index (χ1n) is 9.80. The van der Waals surface area contributed by atoms with Crippen LogP contribution in [0.1, 0.15) is 38.2 Å². The molecule has 2 nitrogen and oxygen atoms in total. The summed E-state index contributed by atoms with van der Waals surface area (Å²) in [6, 6.07) is 23.4. The Hall–Kier alpha value is -2.48. The summed E-state index contributed by atoms with van der Waals surface area (Å²) in [4.78, 5) is 0. The van der Waals surface area contributed by atoms with E-state index in [4.69, 9.17) is 4.74 Å². The molecule has 0 unspecified atom stereocenters. The van der Waals surface area contributed by atoms with E-state index in [0.29, 0.717) is 0 Å². The van der Waals surface area contributed by atoms with Gasteiger partial charge in [0.05, 0.1) is 6.61 Å². The van der Waals surface area contributed by atoms with E-state index in [9.17, 15) is 0 Å². The van der Waals surface area contributed by atoms with Crippen molar-refractivity contribution in [3.63, 3.8) is 0 Å². The molecule has 3 aromatic rings. The van der Waals surface area contributed by atoms with Crippen LogP contribution in [0.5, 0.6) is 5.75 Å². The summed E-state index contributed by atoms with van der Waals surface area (Å²) in [5.74, 6) is 0.959. The maximum atomic E-state index is 5.80. The Bertz CT molecular complexity index is 789. The van der Waals surface area contributed by atoms with Gasteiger partial charge in [-0.2, -0.15) is 0 Å². The van der Waals surface area contributed by atoms with E-state index in [-0.39, 0.29) is 0 Å². The normalized spacial score (nSPS) is 10.8. The van der Waals surface area contributed by atoms with Gasteiger partial charge in [-0.25, -0.2) is 0 Å². The lowest BCUT2D eigenvalue weighted by molar-refractivity contribution is 0.305. The van der Waals surface area contributed by atoms with Crippen LogP contribution >= 0.6 is 0 Å². The molecule has 0 aliphatic rings. The summed E-state index contributed by atoms with van der Waals surface area (Å²) >= 11 is 0. The molecular formula is C24H29NO. The topological polar surface area (TPSA) is 21.3 Å². The highest BCUT2D eigenvalue weighted by atomic mass is 16.5. The zero-order chi connectivity index (χ0) is 18.0. The number of benzene rings is 3. The first-order valence-corrected chi connectivity index (χ1v) is 9.80. The van der Waals surface area contributed by atoms with Crippen LogP contribution in [-0.2, 0) is 6.42 Å². The molecule has 0 bridgehead atoms. The van der Waals surface area contributed by atoms with Crippen LogP contribution in [0.3, 0.4) is 0 Å². The SMILES string of the molecule is CCCCCCOc1ccc(NCCc2cccc3ccccc23)cc1. The fraction of sp³-hybridized carbons (Fsp3) is 0.333. The number of fused-ring (bicyclic) bond motifs is 1. The van der Waals surface area contributed by atoms with Crippen molar-refractivity contribution < 1.29 is 4.74 Å². The van der Waals surface area contributed by atoms with E-state index in [0.717, 1.165) is 37.4 Å². The molecular weight excluding hydrogens is 318 g/mol. The number of hydrogen-bond acceptors (Lipinski definition) is 2. The van der Waals surface area contributed by atoms with Crippen molar-refractivity contribution in [3.05, 3.63) is 72.3 Å². The highest BCUT2D eigenvalue weighted by Gasteiger charge is 2.01. The second kappa shape index (κ2) is 9.86. The zero-order valence-corrected chi connectivity index (χ0v) is 15.7. The quantitative estimate of drug-likeness (QED) is 0.425. The van der Waals surface area contributed by atoms with E-state index in [1.54, 1.807) is 0 Å². The Morgan fingerprint density at radius 3 is 2.46 bits per heavy atom. The number of anilines is 1. The molecule has 0 spiro atoms. The van der Waals surface area contributed by atoms with Crippen molar-refractivity contribution in [2.45, 2.75) is 39.0 Å². The van der Waals surface area contributed by atoms with Crippen LogP contribution in [0.25, 0.3) is 10.8 Å². The van der Waals surface area contributed by atoms with Crippen LogP contribution < -0.4 is 10.1 Å². The molecule has 2 heteroatoms. The largest absolute Gasteiger partial charge is 0.494 e. The van der Waals surface area contributed by atoms with Crippen LogP contribution in [0, 0.1) is 0 Å². The first kappa shape index (κ1) is 18.3. The predicted octanol–water partition coefficient (Wildman–Crippen LogP) is 6.45. The number of rotatable bonds is 10. The predicted molar refractivity (Wildman–Crippen MR) is 112 cm³/mol. The van der Waals surface area contributed by atoms with E-state index < -0.39 is 0 Å². The summed E-state index contributed by atoms with van der Waals surface area (Å²) in [5.41, 5.74) is 2.53. The average molecular weight is 348 g/mol. The van der Waals surface area contributed by atoms with Crippen molar-refractivity contribution in [2.75, 3.05) is 18.5 Å². The average Bonchev–Trinajstić information content (AvgIpc) is 2.69. The second-order valence-electron chi connectivity index (χ2n) is 6.75. The van der Waals surface area contributed by atoms with Crippen molar-refractivity contribution in [2.24, 2.45) is 0 Å². The highest BCUT2D eigenvalue weighted by molar-refractivity contribution is 5.85. The third-order valence-corrected chi connectivity index (χ3v) is 4.72. The number of ether oxygens (including phenoxy) is 1. The molecule has 0 saturated carbocycles. The van der Waals surface area contributed by atoms with Gasteiger partial charge in [-0.1, -0.05) is 68.7 Å². The molecule has 0 atom stereocenters. The monoisotopic (exact) mass is 347 g/mol. The summed E-state index contributed by atoms with van der Waals surface area (Å²) in [6.07, 6.45) is 5.96. The third kappa shape index (κ3) is 5.26. The maximum absolute atomic E-state index is 5.80. The first-order chi connectivity index (χ1) is 12.9. The Labute approximate surface area is 157 Å². The summed E-state index contributed by atoms with van der Waals surface area (Å²) in [6.45, 7) is 3.96. The van der Waals surface area contributed by atoms with Crippen LogP contribution in [-0.4, -0.2) is 13.2 Å². The molecule has 136 valence electrons. The minimum Gasteiger partial charge on any atom is -0.494 e. The van der Waals surface area contributed by atoms with Gasteiger partial charge in [0.1, 0.15) is 5.75 Å². The van der Waals surface area contributed by atoms with E-state index in [2.05, 4.69) is 79.0 Å². The zero-order valence-electron chi connectivity index (χ0n) is 15.7. The molecule has 0 saturated heterocycles. The number of unbranched alkanes of at least 4 members (excludes halogenated alkanes) is 3.